The number of amides is 1. The van der Waals surface area contributed by atoms with E-state index in [2.05, 4.69) is 24.5 Å². The highest BCUT2D eigenvalue weighted by molar-refractivity contribution is 5.78. The van der Waals surface area contributed by atoms with Crippen molar-refractivity contribution in [2.45, 2.75) is 46.1 Å². The molecule has 0 spiro atoms. The molecule has 0 aliphatic carbocycles. The number of piperidine rings is 1. The van der Waals surface area contributed by atoms with E-state index in [0.717, 1.165) is 45.5 Å². The Kier molecular flexibility index (Phi) is 7.28. The molecule has 1 fully saturated rings. The fourth-order valence-corrected chi connectivity index (χ4v) is 1.96. The van der Waals surface area contributed by atoms with Crippen LogP contribution in [-0.4, -0.2) is 38.3 Å². The molecule has 2 N–H and O–H groups in total. The Labute approximate surface area is 111 Å². The molecule has 1 unspecified atom stereocenters. The predicted molar refractivity (Wildman–Crippen MR) is 73.5 cm³/mol. The standard InChI is InChI=1S/C14H28N2O2/c1-11(2)12(3)14(17)16-7-4-10-18-13-5-8-15-9-6-13/h11-13,15H,4-10H2,1-3H3,(H,16,17). The van der Waals surface area contributed by atoms with Crippen LogP contribution in [0.2, 0.25) is 0 Å². The zero-order valence-corrected chi connectivity index (χ0v) is 12.0. The molecule has 1 aliphatic heterocycles. The highest BCUT2D eigenvalue weighted by atomic mass is 16.5. The molecular weight excluding hydrogens is 228 g/mol. The van der Waals surface area contributed by atoms with Gasteiger partial charge in [-0.25, -0.2) is 0 Å². The Balaban J connectivity index is 1.99. The van der Waals surface area contributed by atoms with Crippen LogP contribution in [-0.2, 0) is 9.53 Å². The third-order valence-electron chi connectivity index (χ3n) is 3.67. The van der Waals surface area contributed by atoms with E-state index in [1.807, 2.05) is 6.92 Å². The number of rotatable bonds is 7. The van der Waals surface area contributed by atoms with Gasteiger partial charge >= 0.3 is 0 Å². The maximum Gasteiger partial charge on any atom is 0.223 e. The lowest BCUT2D eigenvalue weighted by molar-refractivity contribution is -0.125. The smallest absolute Gasteiger partial charge is 0.223 e. The zero-order valence-electron chi connectivity index (χ0n) is 12.0. The fourth-order valence-electron chi connectivity index (χ4n) is 1.96. The van der Waals surface area contributed by atoms with Crippen molar-refractivity contribution < 1.29 is 9.53 Å². The minimum Gasteiger partial charge on any atom is -0.378 e. The van der Waals surface area contributed by atoms with Crippen molar-refractivity contribution in [3.05, 3.63) is 0 Å². The second-order valence-corrected chi connectivity index (χ2v) is 5.50. The van der Waals surface area contributed by atoms with Gasteiger partial charge in [0, 0.05) is 19.1 Å². The molecule has 0 saturated carbocycles. The van der Waals surface area contributed by atoms with Gasteiger partial charge in [0.1, 0.15) is 0 Å². The monoisotopic (exact) mass is 256 g/mol. The summed E-state index contributed by atoms with van der Waals surface area (Å²) in [5, 5.41) is 6.29. The molecule has 1 heterocycles. The van der Waals surface area contributed by atoms with Gasteiger partial charge in [-0.15, -0.1) is 0 Å². The molecule has 0 radical (unpaired) electrons. The SMILES string of the molecule is CC(C)C(C)C(=O)NCCCOC1CCNCC1. The van der Waals surface area contributed by atoms with Crippen molar-refractivity contribution in [2.75, 3.05) is 26.2 Å². The molecule has 106 valence electrons. The molecule has 0 aromatic carbocycles. The van der Waals surface area contributed by atoms with Gasteiger partial charge in [-0.1, -0.05) is 20.8 Å². The van der Waals surface area contributed by atoms with Gasteiger partial charge in [-0.2, -0.15) is 0 Å². The molecule has 4 nitrogen and oxygen atoms in total. The van der Waals surface area contributed by atoms with Crippen LogP contribution < -0.4 is 10.6 Å². The molecule has 4 heteroatoms. The van der Waals surface area contributed by atoms with Gasteiger partial charge in [0.15, 0.2) is 0 Å². The molecular formula is C14H28N2O2. The topological polar surface area (TPSA) is 50.4 Å². The lowest BCUT2D eigenvalue weighted by atomic mass is 9.97. The second kappa shape index (κ2) is 8.48. The number of hydrogen-bond acceptors (Lipinski definition) is 3. The summed E-state index contributed by atoms with van der Waals surface area (Å²) in [7, 11) is 0. The lowest BCUT2D eigenvalue weighted by Gasteiger charge is -2.23. The highest BCUT2D eigenvalue weighted by Gasteiger charge is 2.16. The lowest BCUT2D eigenvalue weighted by Crippen LogP contribution is -2.34. The minimum absolute atomic E-state index is 0.0929. The van der Waals surface area contributed by atoms with Crippen molar-refractivity contribution in [2.24, 2.45) is 11.8 Å². The summed E-state index contributed by atoms with van der Waals surface area (Å²) in [6.07, 6.45) is 3.53. The Hall–Kier alpha value is -0.610. The van der Waals surface area contributed by atoms with Crippen molar-refractivity contribution in [1.82, 2.24) is 10.6 Å². The van der Waals surface area contributed by atoms with Gasteiger partial charge in [-0.3, -0.25) is 4.79 Å². The Bertz CT molecular complexity index is 238. The Morgan fingerprint density at radius 2 is 2.00 bits per heavy atom. The molecule has 1 amide bonds. The van der Waals surface area contributed by atoms with Gasteiger partial charge in [-0.05, 0) is 38.3 Å². The Morgan fingerprint density at radius 1 is 1.33 bits per heavy atom. The van der Waals surface area contributed by atoms with E-state index < -0.39 is 0 Å². The van der Waals surface area contributed by atoms with E-state index in [-0.39, 0.29) is 11.8 Å². The number of ether oxygens (including phenoxy) is 1. The first kappa shape index (κ1) is 15.4. The highest BCUT2D eigenvalue weighted by Crippen LogP contribution is 2.09. The van der Waals surface area contributed by atoms with Crippen molar-refractivity contribution in [3.63, 3.8) is 0 Å². The summed E-state index contributed by atoms with van der Waals surface area (Å²) in [5.74, 6) is 0.651. The Morgan fingerprint density at radius 3 is 2.61 bits per heavy atom. The van der Waals surface area contributed by atoms with Gasteiger partial charge in [0.2, 0.25) is 5.91 Å². The van der Waals surface area contributed by atoms with Crippen molar-refractivity contribution in [3.8, 4) is 0 Å². The third kappa shape index (κ3) is 5.83. The number of carbonyl (C=O) groups is 1. The van der Waals surface area contributed by atoms with Crippen LogP contribution in [0.25, 0.3) is 0 Å². The second-order valence-electron chi connectivity index (χ2n) is 5.50. The van der Waals surface area contributed by atoms with Crippen LogP contribution in [0.3, 0.4) is 0 Å². The zero-order chi connectivity index (χ0) is 13.4. The summed E-state index contributed by atoms with van der Waals surface area (Å²) in [6, 6.07) is 0. The number of carbonyl (C=O) groups excluding carboxylic acids is 1. The van der Waals surface area contributed by atoms with E-state index in [1.165, 1.54) is 0 Å². The predicted octanol–water partition coefficient (Wildman–Crippen LogP) is 1.55. The van der Waals surface area contributed by atoms with E-state index >= 15 is 0 Å². The number of nitrogens with one attached hydrogen (secondary N) is 2. The van der Waals surface area contributed by atoms with Crippen molar-refractivity contribution in [1.29, 1.82) is 0 Å². The maximum atomic E-state index is 11.7. The molecule has 1 aliphatic rings. The largest absolute Gasteiger partial charge is 0.378 e. The molecule has 1 saturated heterocycles. The molecule has 1 atom stereocenters. The quantitative estimate of drug-likeness (QED) is 0.680. The summed E-state index contributed by atoms with van der Waals surface area (Å²) in [6.45, 7) is 9.73. The van der Waals surface area contributed by atoms with Gasteiger partial charge in [0.05, 0.1) is 6.10 Å². The average molecular weight is 256 g/mol. The first-order valence-corrected chi connectivity index (χ1v) is 7.21. The normalized spacial score (nSPS) is 18.9. The van der Waals surface area contributed by atoms with E-state index in [0.29, 0.717) is 12.0 Å². The van der Waals surface area contributed by atoms with E-state index in [1.54, 1.807) is 0 Å². The van der Waals surface area contributed by atoms with E-state index in [9.17, 15) is 4.79 Å². The third-order valence-corrected chi connectivity index (χ3v) is 3.67. The number of hydrogen-bond donors (Lipinski definition) is 2. The first-order valence-electron chi connectivity index (χ1n) is 7.21. The van der Waals surface area contributed by atoms with E-state index in [4.69, 9.17) is 4.74 Å². The molecule has 0 aromatic rings. The van der Waals surface area contributed by atoms with Crippen LogP contribution >= 0.6 is 0 Å². The average Bonchev–Trinajstić information content (AvgIpc) is 2.38. The van der Waals surface area contributed by atoms with Crippen LogP contribution in [0.4, 0.5) is 0 Å². The van der Waals surface area contributed by atoms with Gasteiger partial charge < -0.3 is 15.4 Å². The van der Waals surface area contributed by atoms with Crippen LogP contribution in [0.15, 0.2) is 0 Å². The van der Waals surface area contributed by atoms with Crippen molar-refractivity contribution >= 4 is 5.91 Å². The van der Waals surface area contributed by atoms with Crippen LogP contribution in [0.1, 0.15) is 40.0 Å². The minimum atomic E-state index is 0.0929. The van der Waals surface area contributed by atoms with Crippen LogP contribution in [0, 0.1) is 11.8 Å². The fraction of sp³-hybridized carbons (Fsp3) is 0.929. The first-order chi connectivity index (χ1) is 8.61. The summed E-state index contributed by atoms with van der Waals surface area (Å²) >= 11 is 0. The summed E-state index contributed by atoms with van der Waals surface area (Å²) in [4.78, 5) is 11.7. The molecule has 0 aromatic heterocycles. The molecule has 0 bridgehead atoms. The van der Waals surface area contributed by atoms with Gasteiger partial charge in [0.25, 0.3) is 0 Å². The molecule has 18 heavy (non-hydrogen) atoms. The maximum absolute atomic E-state index is 11.7. The summed E-state index contributed by atoms with van der Waals surface area (Å²) in [5.41, 5.74) is 0. The summed E-state index contributed by atoms with van der Waals surface area (Å²) < 4.78 is 5.78. The van der Waals surface area contributed by atoms with Crippen LogP contribution in [0.5, 0.6) is 0 Å². The molecule has 1 rings (SSSR count).